The van der Waals surface area contributed by atoms with E-state index in [4.69, 9.17) is 14.2 Å². The van der Waals surface area contributed by atoms with Crippen LogP contribution in [0.15, 0.2) is 24.3 Å². The predicted molar refractivity (Wildman–Crippen MR) is 85.7 cm³/mol. The zero-order valence-corrected chi connectivity index (χ0v) is 13.6. The largest absolute Gasteiger partial charge is 0.382 e. The van der Waals surface area contributed by atoms with E-state index in [0.29, 0.717) is 33.0 Å². The maximum absolute atomic E-state index is 5.74. The molecule has 1 atom stereocenters. The molecule has 4 heteroatoms. The molecule has 0 amide bonds. The van der Waals surface area contributed by atoms with E-state index in [9.17, 15) is 0 Å². The molecule has 4 nitrogen and oxygen atoms in total. The summed E-state index contributed by atoms with van der Waals surface area (Å²) in [5, 5.41) is 3.54. The van der Waals surface area contributed by atoms with Crippen molar-refractivity contribution in [1.82, 2.24) is 5.32 Å². The zero-order valence-electron chi connectivity index (χ0n) is 13.6. The lowest BCUT2D eigenvalue weighted by Gasteiger charge is -2.19. The molecule has 1 aromatic rings. The average Bonchev–Trinajstić information content (AvgIpc) is 2.49. The Hall–Kier alpha value is -0.940. The Balaban J connectivity index is 2.33. The summed E-state index contributed by atoms with van der Waals surface area (Å²) in [6.45, 7) is 8.41. The third-order valence-corrected chi connectivity index (χ3v) is 3.17. The van der Waals surface area contributed by atoms with Gasteiger partial charge < -0.3 is 19.5 Å². The van der Waals surface area contributed by atoms with Gasteiger partial charge in [-0.1, -0.05) is 36.8 Å². The highest BCUT2D eigenvalue weighted by Gasteiger charge is 2.10. The van der Waals surface area contributed by atoms with Crippen LogP contribution < -0.4 is 5.32 Å². The number of ether oxygens (including phenoxy) is 3. The highest BCUT2D eigenvalue weighted by molar-refractivity contribution is 5.25. The van der Waals surface area contributed by atoms with Crippen molar-refractivity contribution in [2.24, 2.45) is 0 Å². The summed E-state index contributed by atoms with van der Waals surface area (Å²) in [6, 6.07) is 8.82. The molecule has 1 aromatic carbocycles. The number of nitrogens with one attached hydrogen (secondary N) is 1. The average molecular weight is 295 g/mol. The van der Waals surface area contributed by atoms with E-state index in [2.05, 4.69) is 43.4 Å². The predicted octanol–water partition coefficient (Wildman–Crippen LogP) is 2.72. The summed E-state index contributed by atoms with van der Waals surface area (Å²) in [7, 11) is 1.67. The molecule has 0 spiro atoms. The Kier molecular flexibility index (Phi) is 10.1. The Morgan fingerprint density at radius 1 is 1.10 bits per heavy atom. The van der Waals surface area contributed by atoms with Gasteiger partial charge in [0, 0.05) is 7.11 Å². The third kappa shape index (κ3) is 8.17. The lowest BCUT2D eigenvalue weighted by atomic mass is 10.0. The fourth-order valence-electron chi connectivity index (χ4n) is 2.04. The summed E-state index contributed by atoms with van der Waals surface area (Å²) >= 11 is 0. The fourth-order valence-corrected chi connectivity index (χ4v) is 2.04. The van der Waals surface area contributed by atoms with Crippen LogP contribution in [0.5, 0.6) is 0 Å². The maximum Gasteiger partial charge on any atom is 0.0701 e. The first-order valence-electron chi connectivity index (χ1n) is 7.72. The van der Waals surface area contributed by atoms with Crippen molar-refractivity contribution < 1.29 is 14.2 Å². The maximum atomic E-state index is 5.74. The first kappa shape index (κ1) is 18.1. The first-order valence-corrected chi connectivity index (χ1v) is 7.72. The van der Waals surface area contributed by atoms with Gasteiger partial charge in [0.2, 0.25) is 0 Å². The highest BCUT2D eigenvalue weighted by atomic mass is 16.5. The summed E-state index contributed by atoms with van der Waals surface area (Å²) in [6.07, 6.45) is 1.11. The Bertz CT molecular complexity index is 371. The van der Waals surface area contributed by atoms with Crippen LogP contribution in [0.4, 0.5) is 0 Å². The molecule has 0 bridgehead atoms. The summed E-state index contributed by atoms with van der Waals surface area (Å²) in [5.74, 6) is 0. The first-order chi connectivity index (χ1) is 10.3. The van der Waals surface area contributed by atoms with Crippen molar-refractivity contribution in [3.05, 3.63) is 35.4 Å². The molecule has 1 rings (SSSR count). The second kappa shape index (κ2) is 11.7. The normalized spacial score (nSPS) is 12.5. The van der Waals surface area contributed by atoms with Gasteiger partial charge in [-0.05, 0) is 25.5 Å². The Morgan fingerprint density at radius 2 is 1.86 bits per heavy atom. The van der Waals surface area contributed by atoms with Crippen molar-refractivity contribution in [2.75, 3.05) is 46.7 Å². The van der Waals surface area contributed by atoms with Crippen LogP contribution in [0.3, 0.4) is 0 Å². The van der Waals surface area contributed by atoms with Gasteiger partial charge in [0.25, 0.3) is 0 Å². The third-order valence-electron chi connectivity index (χ3n) is 3.17. The quantitative estimate of drug-likeness (QED) is 0.602. The van der Waals surface area contributed by atoms with E-state index < -0.39 is 0 Å². The van der Waals surface area contributed by atoms with E-state index in [1.807, 2.05) is 0 Å². The van der Waals surface area contributed by atoms with Crippen LogP contribution in [0.1, 0.15) is 30.5 Å². The zero-order chi connectivity index (χ0) is 15.3. The molecule has 0 saturated heterocycles. The SMILES string of the molecule is CCCNC(COCCOCCOC)c1cccc(C)c1. The van der Waals surface area contributed by atoms with Crippen molar-refractivity contribution in [2.45, 2.75) is 26.3 Å². The van der Waals surface area contributed by atoms with Gasteiger partial charge in [-0.3, -0.25) is 0 Å². The van der Waals surface area contributed by atoms with Gasteiger partial charge in [0.1, 0.15) is 0 Å². The minimum absolute atomic E-state index is 0.240. The van der Waals surface area contributed by atoms with Crippen molar-refractivity contribution in [1.29, 1.82) is 0 Å². The number of hydrogen-bond acceptors (Lipinski definition) is 4. The second-order valence-electron chi connectivity index (χ2n) is 5.10. The molecule has 0 aliphatic rings. The monoisotopic (exact) mass is 295 g/mol. The number of methoxy groups -OCH3 is 1. The van der Waals surface area contributed by atoms with E-state index in [-0.39, 0.29) is 6.04 Å². The van der Waals surface area contributed by atoms with Crippen LogP contribution in [-0.2, 0) is 14.2 Å². The van der Waals surface area contributed by atoms with Gasteiger partial charge in [-0.25, -0.2) is 0 Å². The van der Waals surface area contributed by atoms with Crippen LogP contribution in [0.25, 0.3) is 0 Å². The van der Waals surface area contributed by atoms with E-state index in [1.54, 1.807) is 7.11 Å². The van der Waals surface area contributed by atoms with Crippen molar-refractivity contribution in [3.63, 3.8) is 0 Å². The lowest BCUT2D eigenvalue weighted by Crippen LogP contribution is -2.27. The van der Waals surface area contributed by atoms with E-state index >= 15 is 0 Å². The molecule has 0 fully saturated rings. The number of benzene rings is 1. The molecule has 0 aliphatic carbocycles. The van der Waals surface area contributed by atoms with Gasteiger partial charge >= 0.3 is 0 Å². The summed E-state index contributed by atoms with van der Waals surface area (Å²) < 4.78 is 16.1. The van der Waals surface area contributed by atoms with Gasteiger partial charge in [-0.15, -0.1) is 0 Å². The second-order valence-corrected chi connectivity index (χ2v) is 5.10. The topological polar surface area (TPSA) is 39.7 Å². The van der Waals surface area contributed by atoms with E-state index in [0.717, 1.165) is 13.0 Å². The standard InChI is InChI=1S/C17H29NO3/c1-4-8-18-17(16-7-5-6-15(2)13-16)14-21-12-11-20-10-9-19-3/h5-7,13,17-18H,4,8-12,14H2,1-3H3. The molecular formula is C17H29NO3. The summed E-state index contributed by atoms with van der Waals surface area (Å²) in [5.41, 5.74) is 2.56. The number of aryl methyl sites for hydroxylation is 1. The van der Waals surface area contributed by atoms with Crippen molar-refractivity contribution >= 4 is 0 Å². The number of rotatable bonds is 12. The van der Waals surface area contributed by atoms with Gasteiger partial charge in [0.15, 0.2) is 0 Å². The van der Waals surface area contributed by atoms with Gasteiger partial charge in [-0.2, -0.15) is 0 Å². The number of hydrogen-bond donors (Lipinski definition) is 1. The molecule has 0 aromatic heterocycles. The summed E-state index contributed by atoms with van der Waals surface area (Å²) in [4.78, 5) is 0. The molecule has 0 radical (unpaired) electrons. The molecule has 1 N–H and O–H groups in total. The minimum atomic E-state index is 0.240. The van der Waals surface area contributed by atoms with E-state index in [1.165, 1.54) is 11.1 Å². The molecule has 0 saturated carbocycles. The molecule has 120 valence electrons. The van der Waals surface area contributed by atoms with Crippen LogP contribution in [0.2, 0.25) is 0 Å². The lowest BCUT2D eigenvalue weighted by molar-refractivity contribution is 0.0193. The Morgan fingerprint density at radius 3 is 2.57 bits per heavy atom. The molecule has 21 heavy (non-hydrogen) atoms. The molecule has 1 unspecified atom stereocenters. The molecule has 0 heterocycles. The van der Waals surface area contributed by atoms with Crippen LogP contribution in [0, 0.1) is 6.92 Å². The smallest absolute Gasteiger partial charge is 0.0701 e. The molecular weight excluding hydrogens is 266 g/mol. The van der Waals surface area contributed by atoms with Crippen LogP contribution >= 0.6 is 0 Å². The Labute approximate surface area is 128 Å². The highest BCUT2D eigenvalue weighted by Crippen LogP contribution is 2.15. The van der Waals surface area contributed by atoms with Crippen LogP contribution in [-0.4, -0.2) is 46.7 Å². The minimum Gasteiger partial charge on any atom is -0.382 e. The van der Waals surface area contributed by atoms with Crippen molar-refractivity contribution in [3.8, 4) is 0 Å². The van der Waals surface area contributed by atoms with Gasteiger partial charge in [0.05, 0.1) is 39.1 Å². The fraction of sp³-hybridized carbons (Fsp3) is 0.647. The molecule has 0 aliphatic heterocycles.